The van der Waals surface area contributed by atoms with E-state index in [0.29, 0.717) is 29.3 Å². The maximum atomic E-state index is 12.5. The lowest BCUT2D eigenvalue weighted by Crippen LogP contribution is -2.31. The largest absolute Gasteiger partial charge is 0.494 e. The van der Waals surface area contributed by atoms with Crippen LogP contribution in [0.1, 0.15) is 40.5 Å². The van der Waals surface area contributed by atoms with Gasteiger partial charge >= 0.3 is 0 Å². The molecule has 154 valence electrons. The normalized spacial score (nSPS) is 13.1. The molecule has 1 aromatic heterocycles. The summed E-state index contributed by atoms with van der Waals surface area (Å²) in [4.78, 5) is 42.8. The van der Waals surface area contributed by atoms with Gasteiger partial charge < -0.3 is 10.1 Å². The zero-order valence-electron chi connectivity index (χ0n) is 16.1. The third kappa shape index (κ3) is 4.08. The Morgan fingerprint density at radius 2 is 1.97 bits per heavy atom. The number of nitrogens with zero attached hydrogens (tertiary/aromatic N) is 2. The monoisotopic (exact) mass is 487 g/mol. The Labute approximate surface area is 185 Å². The minimum Gasteiger partial charge on any atom is -0.494 e. The number of ether oxygens (including phenoxy) is 1. The molecule has 1 aliphatic heterocycles. The number of hydrogen-bond donors (Lipinski definition) is 1. The Bertz CT molecular complexity index is 1160. The molecular formula is C21H18BrN3O4S. The lowest BCUT2D eigenvalue weighted by molar-refractivity contribution is -0.116. The first kappa shape index (κ1) is 20.5. The van der Waals surface area contributed by atoms with Crippen molar-refractivity contribution >= 4 is 60.3 Å². The van der Waals surface area contributed by atoms with Crippen molar-refractivity contribution in [3.63, 3.8) is 0 Å². The second-order valence-corrected chi connectivity index (χ2v) is 8.63. The summed E-state index contributed by atoms with van der Waals surface area (Å²) in [5, 5.41) is 3.30. The molecule has 0 saturated heterocycles. The first-order chi connectivity index (χ1) is 14.5. The van der Waals surface area contributed by atoms with Crippen LogP contribution in [0.2, 0.25) is 0 Å². The molecule has 3 aromatic rings. The van der Waals surface area contributed by atoms with Gasteiger partial charge in [0, 0.05) is 17.4 Å². The molecule has 1 aliphatic rings. The predicted octanol–water partition coefficient (Wildman–Crippen LogP) is 4.47. The van der Waals surface area contributed by atoms with Crippen LogP contribution in [0.4, 0.5) is 5.13 Å². The Kier molecular flexibility index (Phi) is 5.83. The molecule has 0 fully saturated rings. The van der Waals surface area contributed by atoms with Crippen LogP contribution in [0.5, 0.6) is 5.75 Å². The van der Waals surface area contributed by atoms with E-state index < -0.39 is 0 Å². The molecule has 3 amide bonds. The van der Waals surface area contributed by atoms with Crippen molar-refractivity contribution in [2.45, 2.75) is 19.8 Å². The minimum absolute atomic E-state index is 0.178. The molecular weight excluding hydrogens is 470 g/mol. The molecule has 7 nitrogen and oxygen atoms in total. The van der Waals surface area contributed by atoms with Gasteiger partial charge in [-0.1, -0.05) is 27.3 Å². The van der Waals surface area contributed by atoms with Crippen molar-refractivity contribution in [2.24, 2.45) is 0 Å². The number of rotatable bonds is 7. The maximum absolute atomic E-state index is 12.5. The lowest BCUT2D eigenvalue weighted by Gasteiger charge is -2.13. The standard InChI is InChI=1S/C21H18BrN3O4S/c1-2-29-13-6-8-16-17(11-13)30-21(23-16)24-18(26)4-3-9-25-19(27)14-7-5-12(22)10-15(14)20(25)28/h5-8,10-11H,2-4,9H2,1H3,(H,23,24,26). The highest BCUT2D eigenvalue weighted by Gasteiger charge is 2.35. The minimum atomic E-state index is -0.326. The summed E-state index contributed by atoms with van der Waals surface area (Å²) in [6.07, 6.45) is 0.551. The molecule has 9 heteroatoms. The van der Waals surface area contributed by atoms with Gasteiger partial charge in [-0.3, -0.25) is 19.3 Å². The van der Waals surface area contributed by atoms with Gasteiger partial charge in [0.1, 0.15) is 5.75 Å². The number of anilines is 1. The van der Waals surface area contributed by atoms with Crippen molar-refractivity contribution in [1.82, 2.24) is 9.88 Å². The number of thiazole rings is 1. The number of hydrogen-bond acceptors (Lipinski definition) is 6. The SMILES string of the molecule is CCOc1ccc2nc(NC(=O)CCCN3C(=O)c4ccc(Br)cc4C3=O)sc2c1. The van der Waals surface area contributed by atoms with Crippen molar-refractivity contribution in [2.75, 3.05) is 18.5 Å². The van der Waals surface area contributed by atoms with Crippen LogP contribution in [-0.4, -0.2) is 40.8 Å². The van der Waals surface area contributed by atoms with Gasteiger partial charge in [0.05, 0.1) is 28.0 Å². The average Bonchev–Trinajstić information content (AvgIpc) is 3.21. The molecule has 4 rings (SSSR count). The van der Waals surface area contributed by atoms with Crippen LogP contribution in [0, 0.1) is 0 Å². The van der Waals surface area contributed by atoms with Crippen LogP contribution in [0.3, 0.4) is 0 Å². The molecule has 0 bridgehead atoms. The number of carbonyl (C=O) groups excluding carboxylic acids is 3. The van der Waals surface area contributed by atoms with Gasteiger partial charge in [0.2, 0.25) is 5.91 Å². The summed E-state index contributed by atoms with van der Waals surface area (Å²) in [6, 6.07) is 10.6. The number of halogens is 1. The zero-order valence-corrected chi connectivity index (χ0v) is 18.5. The number of imide groups is 1. The third-order valence-corrected chi connectivity index (χ3v) is 6.06. The summed E-state index contributed by atoms with van der Waals surface area (Å²) in [6.45, 7) is 2.69. The molecule has 0 spiro atoms. The molecule has 1 N–H and O–H groups in total. The average molecular weight is 488 g/mol. The van der Waals surface area contributed by atoms with E-state index in [1.54, 1.807) is 18.2 Å². The van der Waals surface area contributed by atoms with Gasteiger partial charge in [0.25, 0.3) is 11.8 Å². The van der Waals surface area contributed by atoms with E-state index in [9.17, 15) is 14.4 Å². The second-order valence-electron chi connectivity index (χ2n) is 6.69. The summed E-state index contributed by atoms with van der Waals surface area (Å²) < 4.78 is 7.15. The fourth-order valence-electron chi connectivity index (χ4n) is 3.26. The second kappa shape index (κ2) is 8.53. The number of fused-ring (bicyclic) bond motifs is 2. The molecule has 30 heavy (non-hydrogen) atoms. The highest BCUT2D eigenvalue weighted by atomic mass is 79.9. The fraction of sp³-hybridized carbons (Fsp3) is 0.238. The topological polar surface area (TPSA) is 88.6 Å². The summed E-state index contributed by atoms with van der Waals surface area (Å²) >= 11 is 4.68. The van der Waals surface area contributed by atoms with Gasteiger partial charge in [-0.2, -0.15) is 0 Å². The summed E-state index contributed by atoms with van der Waals surface area (Å²) in [7, 11) is 0. The van der Waals surface area contributed by atoms with Gasteiger partial charge in [0.15, 0.2) is 5.13 Å². The predicted molar refractivity (Wildman–Crippen MR) is 118 cm³/mol. The van der Waals surface area contributed by atoms with Crippen LogP contribution in [-0.2, 0) is 4.79 Å². The molecule has 2 aromatic carbocycles. The quantitative estimate of drug-likeness (QED) is 0.496. The number of carbonyl (C=O) groups is 3. The van der Waals surface area contributed by atoms with E-state index in [-0.39, 0.29) is 30.7 Å². The van der Waals surface area contributed by atoms with Crippen LogP contribution >= 0.6 is 27.3 Å². The first-order valence-electron chi connectivity index (χ1n) is 9.45. The van der Waals surface area contributed by atoms with Gasteiger partial charge in [-0.25, -0.2) is 4.98 Å². The molecule has 0 radical (unpaired) electrons. The smallest absolute Gasteiger partial charge is 0.261 e. The zero-order chi connectivity index (χ0) is 21.3. The fourth-order valence-corrected chi connectivity index (χ4v) is 4.53. The van der Waals surface area contributed by atoms with E-state index in [0.717, 1.165) is 20.4 Å². The number of amides is 3. The molecule has 2 heterocycles. The Morgan fingerprint density at radius 3 is 2.77 bits per heavy atom. The number of aromatic nitrogens is 1. The van der Waals surface area contributed by atoms with Crippen LogP contribution < -0.4 is 10.1 Å². The van der Waals surface area contributed by atoms with Crippen molar-refractivity contribution in [3.8, 4) is 5.75 Å². The van der Waals surface area contributed by atoms with E-state index in [1.807, 2.05) is 25.1 Å². The summed E-state index contributed by atoms with van der Waals surface area (Å²) in [5.74, 6) is -0.0925. The number of benzene rings is 2. The Morgan fingerprint density at radius 1 is 1.17 bits per heavy atom. The van der Waals surface area contributed by atoms with E-state index in [2.05, 4.69) is 26.2 Å². The summed E-state index contributed by atoms with van der Waals surface area (Å²) in [5.41, 5.74) is 1.57. The Balaban J connectivity index is 1.33. The Hall–Kier alpha value is -2.78. The van der Waals surface area contributed by atoms with E-state index in [1.165, 1.54) is 16.2 Å². The highest BCUT2D eigenvalue weighted by molar-refractivity contribution is 9.10. The van der Waals surface area contributed by atoms with E-state index >= 15 is 0 Å². The van der Waals surface area contributed by atoms with Crippen LogP contribution in [0.25, 0.3) is 10.2 Å². The van der Waals surface area contributed by atoms with Crippen molar-refractivity contribution in [3.05, 3.63) is 52.0 Å². The highest BCUT2D eigenvalue weighted by Crippen LogP contribution is 2.30. The van der Waals surface area contributed by atoms with Crippen molar-refractivity contribution in [1.29, 1.82) is 0 Å². The first-order valence-corrected chi connectivity index (χ1v) is 11.1. The third-order valence-electron chi connectivity index (χ3n) is 4.64. The van der Waals surface area contributed by atoms with Gasteiger partial charge in [-0.05, 0) is 49.7 Å². The van der Waals surface area contributed by atoms with Crippen LogP contribution in [0.15, 0.2) is 40.9 Å². The number of nitrogens with one attached hydrogen (secondary N) is 1. The van der Waals surface area contributed by atoms with Gasteiger partial charge in [-0.15, -0.1) is 0 Å². The van der Waals surface area contributed by atoms with E-state index in [4.69, 9.17) is 4.74 Å². The lowest BCUT2D eigenvalue weighted by atomic mass is 10.1. The molecule has 0 aliphatic carbocycles. The van der Waals surface area contributed by atoms with Crippen molar-refractivity contribution < 1.29 is 19.1 Å². The molecule has 0 saturated carbocycles. The molecule has 0 unspecified atom stereocenters. The maximum Gasteiger partial charge on any atom is 0.261 e. The molecule has 0 atom stereocenters.